The molecule has 0 bridgehead atoms. The lowest BCUT2D eigenvalue weighted by atomic mass is 10.1. The molecule has 0 saturated heterocycles. The van der Waals surface area contributed by atoms with Crippen molar-refractivity contribution in [1.29, 1.82) is 5.41 Å². The Labute approximate surface area is 168 Å². The molecule has 0 aromatic heterocycles. The van der Waals surface area contributed by atoms with E-state index >= 15 is 0 Å². The minimum absolute atomic E-state index is 0.0539. The highest BCUT2D eigenvalue weighted by atomic mass is 35.6. The van der Waals surface area contributed by atoms with Crippen molar-refractivity contribution in [2.75, 3.05) is 6.61 Å². The van der Waals surface area contributed by atoms with Crippen LogP contribution in [0.15, 0.2) is 42.5 Å². The Kier molecular flexibility index (Phi) is 8.74. The van der Waals surface area contributed by atoms with E-state index in [1.807, 2.05) is 30.3 Å². The highest BCUT2D eigenvalue weighted by Gasteiger charge is 2.31. The third kappa shape index (κ3) is 9.32. The summed E-state index contributed by atoms with van der Waals surface area (Å²) in [6.07, 6.45) is 2.55. The van der Waals surface area contributed by atoms with Crippen LogP contribution in [0.3, 0.4) is 0 Å². The Morgan fingerprint density at radius 1 is 1.15 bits per heavy atom. The maximum Gasteiger partial charge on any atom is 0.509 e. The molecule has 0 aliphatic rings. The van der Waals surface area contributed by atoms with Gasteiger partial charge >= 0.3 is 6.16 Å². The van der Waals surface area contributed by atoms with E-state index in [-0.39, 0.29) is 6.61 Å². The fraction of sp³-hybridized carbons (Fsp3) is 0.444. The van der Waals surface area contributed by atoms with Crippen molar-refractivity contribution in [3.05, 3.63) is 48.0 Å². The first-order valence-corrected chi connectivity index (χ1v) is 9.00. The summed E-state index contributed by atoms with van der Waals surface area (Å²) in [4.78, 5) is 11.5. The molecule has 1 rings (SSSR count). The fourth-order valence-electron chi connectivity index (χ4n) is 1.81. The highest BCUT2D eigenvalue weighted by molar-refractivity contribution is 6.76. The van der Waals surface area contributed by atoms with Gasteiger partial charge in [0.2, 0.25) is 5.90 Å². The van der Waals surface area contributed by atoms with Gasteiger partial charge in [-0.15, -0.1) is 0 Å². The minimum atomic E-state index is -1.93. The van der Waals surface area contributed by atoms with Gasteiger partial charge in [-0.2, -0.15) is 0 Å². The number of carbonyl (C=O) groups excluding carboxylic acids is 1. The predicted octanol–water partition coefficient (Wildman–Crippen LogP) is 5.99. The van der Waals surface area contributed by atoms with Crippen molar-refractivity contribution in [1.82, 2.24) is 0 Å². The Morgan fingerprint density at radius 3 is 2.31 bits per heavy atom. The van der Waals surface area contributed by atoms with Gasteiger partial charge in [-0.05, 0) is 26.3 Å². The van der Waals surface area contributed by atoms with Gasteiger partial charge in [-0.1, -0.05) is 77.3 Å². The summed E-state index contributed by atoms with van der Waals surface area (Å²) in [7, 11) is 0. The van der Waals surface area contributed by atoms with Crippen molar-refractivity contribution in [2.24, 2.45) is 0 Å². The molecule has 1 atom stereocenters. The number of alkyl halides is 3. The molecule has 0 radical (unpaired) electrons. The molecule has 0 heterocycles. The first kappa shape index (κ1) is 22.6. The van der Waals surface area contributed by atoms with Crippen molar-refractivity contribution >= 4 is 46.9 Å². The largest absolute Gasteiger partial charge is 0.509 e. The Balaban J connectivity index is 2.61. The van der Waals surface area contributed by atoms with Gasteiger partial charge in [0.05, 0.1) is 0 Å². The van der Waals surface area contributed by atoms with Crippen LogP contribution in [-0.4, -0.2) is 28.1 Å². The second-order valence-electron chi connectivity index (χ2n) is 6.33. The molecular weight excluding hydrogens is 401 g/mol. The average molecular weight is 423 g/mol. The third-order valence-electron chi connectivity index (χ3n) is 2.89. The van der Waals surface area contributed by atoms with E-state index in [9.17, 15) is 4.79 Å². The lowest BCUT2D eigenvalue weighted by Crippen LogP contribution is -2.24. The molecule has 144 valence electrons. The molecule has 8 heteroatoms. The topological polar surface area (TPSA) is 68.6 Å². The number of hydrogen-bond donors (Lipinski definition) is 1. The first-order chi connectivity index (χ1) is 12.0. The minimum Gasteiger partial charge on any atom is -0.470 e. The Morgan fingerprint density at radius 2 is 1.77 bits per heavy atom. The Hall–Kier alpha value is -1.43. The number of benzene rings is 1. The number of carbonyl (C=O) groups is 1. The van der Waals surface area contributed by atoms with Crippen LogP contribution < -0.4 is 0 Å². The van der Waals surface area contributed by atoms with Crippen LogP contribution in [0.4, 0.5) is 4.79 Å². The number of halogens is 3. The number of ether oxygens (including phenoxy) is 3. The smallest absolute Gasteiger partial charge is 0.470 e. The van der Waals surface area contributed by atoms with Crippen molar-refractivity contribution in [2.45, 2.75) is 42.7 Å². The van der Waals surface area contributed by atoms with E-state index < -0.39 is 27.6 Å². The zero-order valence-corrected chi connectivity index (χ0v) is 17.1. The van der Waals surface area contributed by atoms with E-state index in [1.165, 1.54) is 0 Å². The molecule has 0 fully saturated rings. The monoisotopic (exact) mass is 421 g/mol. The molecule has 5 nitrogen and oxygen atoms in total. The van der Waals surface area contributed by atoms with E-state index in [2.05, 4.69) is 0 Å². The first-order valence-electron chi connectivity index (χ1n) is 7.87. The van der Waals surface area contributed by atoms with E-state index in [0.717, 1.165) is 5.56 Å². The van der Waals surface area contributed by atoms with Crippen LogP contribution in [0.25, 0.3) is 0 Å². The SMILES string of the molecule is CC(C)(C)OC(=O)OC/C=C/CC(OC(=N)C(Cl)(Cl)Cl)c1ccccc1. The van der Waals surface area contributed by atoms with Crippen LogP contribution in [0.2, 0.25) is 0 Å². The summed E-state index contributed by atoms with van der Waals surface area (Å²) in [5, 5.41) is 7.75. The van der Waals surface area contributed by atoms with Gasteiger partial charge in [0.1, 0.15) is 18.3 Å². The summed E-state index contributed by atoms with van der Waals surface area (Å²) >= 11 is 17.0. The summed E-state index contributed by atoms with van der Waals surface area (Å²) in [5.74, 6) is -0.463. The molecule has 0 aliphatic carbocycles. The van der Waals surface area contributed by atoms with E-state index in [4.69, 9.17) is 54.4 Å². The summed E-state index contributed by atoms with van der Waals surface area (Å²) < 4.78 is 13.5. The lowest BCUT2D eigenvalue weighted by molar-refractivity contribution is -0.00244. The summed E-state index contributed by atoms with van der Waals surface area (Å²) in [5.41, 5.74) is 0.217. The molecular formula is C18H22Cl3NO4. The fourth-order valence-corrected chi connectivity index (χ4v) is 1.95. The molecule has 0 amide bonds. The second kappa shape index (κ2) is 10.0. The van der Waals surface area contributed by atoms with Gasteiger partial charge in [-0.25, -0.2) is 4.79 Å². The molecule has 1 N–H and O–H groups in total. The summed E-state index contributed by atoms with van der Waals surface area (Å²) in [6, 6.07) is 9.26. The van der Waals surface area contributed by atoms with Gasteiger partial charge in [0, 0.05) is 6.42 Å². The molecule has 0 saturated carbocycles. The molecule has 1 unspecified atom stereocenters. The third-order valence-corrected chi connectivity index (χ3v) is 3.41. The van der Waals surface area contributed by atoms with Crippen LogP contribution >= 0.6 is 34.8 Å². The molecule has 26 heavy (non-hydrogen) atoms. The molecule has 0 aliphatic heterocycles. The van der Waals surface area contributed by atoms with Gasteiger partial charge in [-0.3, -0.25) is 5.41 Å². The van der Waals surface area contributed by atoms with E-state index in [0.29, 0.717) is 6.42 Å². The van der Waals surface area contributed by atoms with Crippen LogP contribution in [0, 0.1) is 5.41 Å². The van der Waals surface area contributed by atoms with Crippen molar-refractivity contribution < 1.29 is 19.0 Å². The Bertz CT molecular complexity index is 622. The second-order valence-corrected chi connectivity index (χ2v) is 8.61. The van der Waals surface area contributed by atoms with Crippen LogP contribution in [0.5, 0.6) is 0 Å². The normalized spacial score (nSPS) is 13.3. The molecule has 1 aromatic carbocycles. The van der Waals surface area contributed by atoms with Crippen molar-refractivity contribution in [3.8, 4) is 0 Å². The molecule has 1 aromatic rings. The van der Waals surface area contributed by atoms with Crippen LogP contribution in [0.1, 0.15) is 38.9 Å². The van der Waals surface area contributed by atoms with Gasteiger partial charge in [0.25, 0.3) is 3.79 Å². The number of hydrogen-bond acceptors (Lipinski definition) is 5. The highest BCUT2D eigenvalue weighted by Crippen LogP contribution is 2.32. The zero-order chi connectivity index (χ0) is 19.8. The average Bonchev–Trinajstić information content (AvgIpc) is 2.51. The van der Waals surface area contributed by atoms with Crippen molar-refractivity contribution in [3.63, 3.8) is 0 Å². The molecule has 0 spiro atoms. The van der Waals surface area contributed by atoms with E-state index in [1.54, 1.807) is 32.9 Å². The quantitative estimate of drug-likeness (QED) is 0.201. The van der Waals surface area contributed by atoms with Gasteiger partial charge in [0.15, 0.2) is 0 Å². The number of nitrogens with one attached hydrogen (secondary N) is 1. The maximum absolute atomic E-state index is 11.5. The number of rotatable bonds is 6. The predicted molar refractivity (Wildman–Crippen MR) is 104 cm³/mol. The zero-order valence-electron chi connectivity index (χ0n) is 14.8. The lowest BCUT2D eigenvalue weighted by Gasteiger charge is -2.21. The van der Waals surface area contributed by atoms with Gasteiger partial charge < -0.3 is 14.2 Å². The standard InChI is InChI=1S/C18H22Cl3NO4/c1-17(2,3)26-16(23)24-12-8-7-11-14(13-9-5-4-6-10-13)25-15(22)18(19,20)21/h4-10,14,22H,11-12H2,1-3H3/b8-7+,22-15?. The maximum atomic E-state index is 11.5. The summed E-state index contributed by atoms with van der Waals surface area (Å²) in [6.45, 7) is 5.32. The van der Waals surface area contributed by atoms with Crippen LogP contribution in [-0.2, 0) is 14.2 Å².